The predicted octanol–water partition coefficient (Wildman–Crippen LogP) is 1.57. The van der Waals surface area contributed by atoms with E-state index in [9.17, 15) is 18.3 Å². The second-order valence-electron chi connectivity index (χ2n) is 7.58. The molecular formula is C20H26N2O4S. The molecule has 1 aliphatic carbocycles. The third kappa shape index (κ3) is 3.11. The van der Waals surface area contributed by atoms with Crippen molar-refractivity contribution in [2.75, 3.05) is 25.4 Å². The normalized spacial score (nSPS) is 28.7. The lowest BCUT2D eigenvalue weighted by molar-refractivity contribution is -0.158. The number of carbonyl (C=O) groups is 1. The lowest BCUT2D eigenvalue weighted by Gasteiger charge is -2.58. The molecule has 2 saturated heterocycles. The van der Waals surface area contributed by atoms with E-state index in [1.807, 2.05) is 0 Å². The average Bonchev–Trinajstić information content (AvgIpc) is 3.18. The van der Waals surface area contributed by atoms with Crippen LogP contribution in [0.3, 0.4) is 0 Å². The van der Waals surface area contributed by atoms with Crippen LogP contribution in [0.25, 0.3) is 5.57 Å². The van der Waals surface area contributed by atoms with E-state index in [1.165, 1.54) is 21.9 Å². The number of aliphatic hydroxyl groups is 1. The molecule has 1 aromatic rings. The fourth-order valence-electron chi connectivity index (χ4n) is 4.72. The number of hydrogen-bond donors (Lipinski definition) is 1. The summed E-state index contributed by atoms with van der Waals surface area (Å²) < 4.78 is 25.8. The van der Waals surface area contributed by atoms with Gasteiger partial charge in [-0.2, -0.15) is 4.31 Å². The molecule has 2 fully saturated rings. The van der Waals surface area contributed by atoms with Gasteiger partial charge in [-0.05, 0) is 42.9 Å². The molecule has 2 aliphatic heterocycles. The highest BCUT2D eigenvalue weighted by molar-refractivity contribution is 7.89. The summed E-state index contributed by atoms with van der Waals surface area (Å²) in [5.41, 5.74) is 3.66. The first-order valence-corrected chi connectivity index (χ1v) is 11.3. The van der Waals surface area contributed by atoms with Gasteiger partial charge in [-0.3, -0.25) is 4.79 Å². The number of hydrogen-bond acceptors (Lipinski definition) is 4. The molecule has 3 aliphatic rings. The van der Waals surface area contributed by atoms with Gasteiger partial charge in [0.1, 0.15) is 0 Å². The standard InChI is InChI=1S/C20H26N2O4S/c1-2-27(25,26)21-11-17-20(18(13-23)22(17)19(24)12-21)16-9-7-15(8-10-16)14-5-3-4-6-14/h5,7-10,17-18,20,23H,2-4,6,11-13H2,1H3/t17-,18+,20+/m0/s1. The molecule has 1 N–H and O–H groups in total. The van der Waals surface area contributed by atoms with E-state index in [0.29, 0.717) is 6.54 Å². The van der Waals surface area contributed by atoms with Crippen LogP contribution in [-0.4, -0.2) is 66.2 Å². The Bertz CT molecular complexity index is 862. The summed E-state index contributed by atoms with van der Waals surface area (Å²) >= 11 is 0. The van der Waals surface area contributed by atoms with Gasteiger partial charge in [-0.1, -0.05) is 30.3 Å². The van der Waals surface area contributed by atoms with Crippen LogP contribution in [0, 0.1) is 0 Å². The molecule has 4 rings (SSSR count). The lowest BCUT2D eigenvalue weighted by Crippen LogP contribution is -2.73. The maximum absolute atomic E-state index is 12.5. The summed E-state index contributed by atoms with van der Waals surface area (Å²) in [7, 11) is -3.41. The van der Waals surface area contributed by atoms with Gasteiger partial charge in [0.05, 0.1) is 31.0 Å². The number of allylic oxidation sites excluding steroid dienone is 2. The second-order valence-corrected chi connectivity index (χ2v) is 9.84. The smallest absolute Gasteiger partial charge is 0.238 e. The second kappa shape index (κ2) is 7.04. The zero-order valence-corrected chi connectivity index (χ0v) is 16.4. The summed E-state index contributed by atoms with van der Waals surface area (Å²) in [6.07, 6.45) is 5.72. The summed E-state index contributed by atoms with van der Waals surface area (Å²) in [6, 6.07) is 7.86. The number of piperazine rings is 1. The minimum absolute atomic E-state index is 0.00902. The van der Waals surface area contributed by atoms with Crippen LogP contribution in [0.5, 0.6) is 0 Å². The molecule has 6 nitrogen and oxygen atoms in total. The van der Waals surface area contributed by atoms with E-state index in [-0.39, 0.29) is 42.8 Å². The molecule has 0 unspecified atom stereocenters. The van der Waals surface area contributed by atoms with E-state index in [4.69, 9.17) is 0 Å². The van der Waals surface area contributed by atoms with Crippen LogP contribution < -0.4 is 0 Å². The fraction of sp³-hybridized carbons (Fsp3) is 0.550. The number of benzene rings is 1. The molecule has 0 aromatic heterocycles. The van der Waals surface area contributed by atoms with Crippen LogP contribution in [0.4, 0.5) is 0 Å². The van der Waals surface area contributed by atoms with Gasteiger partial charge in [-0.15, -0.1) is 0 Å². The SMILES string of the molecule is CCS(=O)(=O)N1CC(=O)N2[C@H](CO)[C@H](c3ccc(C4=CCCC4)cc3)[C@@H]2C1. The highest BCUT2D eigenvalue weighted by atomic mass is 32.2. The monoisotopic (exact) mass is 390 g/mol. The molecule has 0 spiro atoms. The fourth-order valence-corrected chi connectivity index (χ4v) is 5.77. The van der Waals surface area contributed by atoms with Crippen molar-refractivity contribution in [1.29, 1.82) is 0 Å². The number of carbonyl (C=O) groups excluding carboxylic acids is 1. The van der Waals surface area contributed by atoms with Gasteiger partial charge in [0.15, 0.2) is 0 Å². The zero-order chi connectivity index (χ0) is 19.2. The quantitative estimate of drug-likeness (QED) is 0.828. The van der Waals surface area contributed by atoms with Crippen molar-refractivity contribution in [2.45, 2.75) is 44.2 Å². The highest BCUT2D eigenvalue weighted by Gasteiger charge is 2.55. The van der Waals surface area contributed by atoms with Crippen molar-refractivity contribution >= 4 is 21.5 Å². The van der Waals surface area contributed by atoms with Crippen molar-refractivity contribution in [1.82, 2.24) is 9.21 Å². The van der Waals surface area contributed by atoms with Crippen molar-refractivity contribution in [3.63, 3.8) is 0 Å². The van der Waals surface area contributed by atoms with Crippen LogP contribution in [0.15, 0.2) is 30.3 Å². The van der Waals surface area contributed by atoms with E-state index in [1.54, 1.807) is 11.8 Å². The van der Waals surface area contributed by atoms with Crippen LogP contribution in [0.1, 0.15) is 43.2 Å². The van der Waals surface area contributed by atoms with E-state index < -0.39 is 10.0 Å². The number of aliphatic hydroxyl groups excluding tert-OH is 1. The number of nitrogens with zero attached hydrogens (tertiary/aromatic N) is 2. The molecule has 3 atom stereocenters. The molecule has 0 bridgehead atoms. The average molecular weight is 391 g/mol. The molecule has 0 saturated carbocycles. The van der Waals surface area contributed by atoms with E-state index >= 15 is 0 Å². The Balaban J connectivity index is 1.59. The van der Waals surface area contributed by atoms with Crippen molar-refractivity contribution in [2.24, 2.45) is 0 Å². The van der Waals surface area contributed by atoms with Crippen LogP contribution >= 0.6 is 0 Å². The third-order valence-electron chi connectivity index (χ3n) is 6.19. The number of amides is 1. The third-order valence-corrected chi connectivity index (χ3v) is 7.98. The van der Waals surface area contributed by atoms with Gasteiger partial charge >= 0.3 is 0 Å². The molecule has 1 aromatic carbocycles. The Hall–Kier alpha value is -1.70. The van der Waals surface area contributed by atoms with E-state index in [2.05, 4.69) is 30.3 Å². The first-order valence-electron chi connectivity index (χ1n) is 9.65. The molecule has 146 valence electrons. The van der Waals surface area contributed by atoms with Gasteiger partial charge in [0.25, 0.3) is 0 Å². The summed E-state index contributed by atoms with van der Waals surface area (Å²) in [4.78, 5) is 14.2. The minimum Gasteiger partial charge on any atom is -0.394 e. The molecule has 27 heavy (non-hydrogen) atoms. The summed E-state index contributed by atoms with van der Waals surface area (Å²) in [5, 5.41) is 9.84. The Morgan fingerprint density at radius 3 is 2.56 bits per heavy atom. The maximum atomic E-state index is 12.5. The number of fused-ring (bicyclic) bond motifs is 1. The lowest BCUT2D eigenvalue weighted by atomic mass is 9.74. The topological polar surface area (TPSA) is 77.9 Å². The molecule has 0 radical (unpaired) electrons. The predicted molar refractivity (Wildman–Crippen MR) is 104 cm³/mol. The largest absolute Gasteiger partial charge is 0.394 e. The highest BCUT2D eigenvalue weighted by Crippen LogP contribution is 2.43. The Morgan fingerprint density at radius 1 is 1.22 bits per heavy atom. The molecule has 7 heteroatoms. The van der Waals surface area contributed by atoms with Crippen molar-refractivity contribution < 1.29 is 18.3 Å². The van der Waals surface area contributed by atoms with Crippen LogP contribution in [0.2, 0.25) is 0 Å². The maximum Gasteiger partial charge on any atom is 0.238 e. The molecule has 1 amide bonds. The Morgan fingerprint density at radius 2 is 1.96 bits per heavy atom. The van der Waals surface area contributed by atoms with Gasteiger partial charge < -0.3 is 10.0 Å². The van der Waals surface area contributed by atoms with Crippen LogP contribution in [-0.2, 0) is 14.8 Å². The van der Waals surface area contributed by atoms with E-state index in [0.717, 1.165) is 18.4 Å². The zero-order valence-electron chi connectivity index (χ0n) is 15.5. The first kappa shape index (κ1) is 18.7. The minimum atomic E-state index is -3.41. The number of rotatable bonds is 5. The number of sulfonamides is 1. The summed E-state index contributed by atoms with van der Waals surface area (Å²) in [5.74, 6) is -0.267. The molecular weight excluding hydrogens is 364 g/mol. The van der Waals surface area contributed by atoms with Crippen molar-refractivity contribution in [3.8, 4) is 0 Å². The van der Waals surface area contributed by atoms with Gasteiger partial charge in [0.2, 0.25) is 15.9 Å². The first-order chi connectivity index (χ1) is 13.0. The Labute approximate surface area is 160 Å². The van der Waals surface area contributed by atoms with Gasteiger partial charge in [-0.25, -0.2) is 8.42 Å². The van der Waals surface area contributed by atoms with Crippen molar-refractivity contribution in [3.05, 3.63) is 41.5 Å². The Kier molecular flexibility index (Phi) is 4.86. The summed E-state index contributed by atoms with van der Waals surface area (Å²) in [6.45, 7) is 1.66. The van der Waals surface area contributed by atoms with Gasteiger partial charge in [0, 0.05) is 12.5 Å². The molecule has 2 heterocycles.